The van der Waals surface area contributed by atoms with Crippen molar-refractivity contribution in [1.82, 2.24) is 9.13 Å². The van der Waals surface area contributed by atoms with Crippen LogP contribution in [0.4, 0.5) is 0 Å². The minimum Gasteiger partial charge on any atom is -0.309 e. The van der Waals surface area contributed by atoms with E-state index in [0.717, 1.165) is 5.69 Å². The summed E-state index contributed by atoms with van der Waals surface area (Å²) < 4.78 is 4.90. The first-order valence-electron chi connectivity index (χ1n) is 20.1. The van der Waals surface area contributed by atoms with Crippen molar-refractivity contribution in [3.05, 3.63) is 181 Å². The molecule has 0 amide bonds. The number of aromatic nitrogens is 2. The van der Waals surface area contributed by atoms with Gasteiger partial charge in [-0.1, -0.05) is 137 Å². The molecule has 1 aliphatic rings. The quantitative estimate of drug-likeness (QED) is 0.171. The molecule has 10 aromatic rings. The van der Waals surface area contributed by atoms with Crippen molar-refractivity contribution in [3.8, 4) is 33.6 Å². The van der Waals surface area contributed by atoms with E-state index in [1.54, 1.807) is 0 Å². The van der Waals surface area contributed by atoms with Crippen molar-refractivity contribution in [2.75, 3.05) is 0 Å². The third kappa shape index (κ3) is 4.95. The van der Waals surface area contributed by atoms with Gasteiger partial charge in [0.05, 0.1) is 22.1 Å². The summed E-state index contributed by atoms with van der Waals surface area (Å²) in [6, 6.07) is 63.3. The van der Waals surface area contributed by atoms with E-state index in [-0.39, 0.29) is 10.8 Å². The van der Waals surface area contributed by atoms with E-state index in [0.29, 0.717) is 0 Å². The molecule has 2 heterocycles. The Kier molecular flexibility index (Phi) is 7.11. The lowest BCUT2D eigenvalue weighted by Crippen LogP contribution is -2.33. The summed E-state index contributed by atoms with van der Waals surface area (Å²) in [6.45, 7) is 9.64. The van der Waals surface area contributed by atoms with E-state index >= 15 is 0 Å². The van der Waals surface area contributed by atoms with Gasteiger partial charge < -0.3 is 9.13 Å². The van der Waals surface area contributed by atoms with Crippen LogP contribution in [-0.4, -0.2) is 9.13 Å². The van der Waals surface area contributed by atoms with Crippen molar-refractivity contribution < 1.29 is 0 Å². The van der Waals surface area contributed by atoms with E-state index in [9.17, 15) is 0 Å². The van der Waals surface area contributed by atoms with Crippen LogP contribution >= 0.6 is 0 Å². The van der Waals surface area contributed by atoms with Crippen LogP contribution in [0, 0.1) is 0 Å². The minimum atomic E-state index is 0.148. The van der Waals surface area contributed by atoms with Crippen LogP contribution in [-0.2, 0) is 10.8 Å². The molecule has 0 unspecified atom stereocenters. The highest BCUT2D eigenvalue weighted by Gasteiger charge is 2.37. The Morgan fingerprint density at radius 3 is 1.48 bits per heavy atom. The summed E-state index contributed by atoms with van der Waals surface area (Å²) in [6.07, 6.45) is 2.42. The molecule has 2 nitrogen and oxygen atoms in total. The second-order valence-corrected chi connectivity index (χ2v) is 17.2. The Morgan fingerprint density at radius 2 is 0.839 bits per heavy atom. The minimum absolute atomic E-state index is 0.148. The first-order chi connectivity index (χ1) is 27.2. The van der Waals surface area contributed by atoms with E-state index in [2.05, 4.69) is 207 Å². The van der Waals surface area contributed by atoms with Crippen molar-refractivity contribution >= 4 is 54.4 Å². The molecule has 0 bridgehead atoms. The molecule has 0 atom stereocenters. The highest BCUT2D eigenvalue weighted by molar-refractivity contribution is 6.12. The molecule has 56 heavy (non-hydrogen) atoms. The largest absolute Gasteiger partial charge is 0.309 e. The van der Waals surface area contributed by atoms with Crippen LogP contribution in [0.2, 0.25) is 0 Å². The van der Waals surface area contributed by atoms with Gasteiger partial charge in [-0.05, 0) is 128 Å². The van der Waals surface area contributed by atoms with Crippen LogP contribution in [0.25, 0.3) is 88.0 Å². The molecular formula is C54H44N2. The number of rotatable bonds is 4. The summed E-state index contributed by atoms with van der Waals surface area (Å²) in [5.74, 6) is 0. The second-order valence-electron chi connectivity index (χ2n) is 17.2. The molecule has 1 aliphatic carbocycles. The highest BCUT2D eigenvalue weighted by Crippen LogP contribution is 2.47. The predicted molar refractivity (Wildman–Crippen MR) is 239 cm³/mol. The van der Waals surface area contributed by atoms with Gasteiger partial charge in [-0.15, -0.1) is 0 Å². The lowest BCUT2D eigenvalue weighted by molar-refractivity contribution is 0.332. The van der Waals surface area contributed by atoms with Gasteiger partial charge in [-0.25, -0.2) is 0 Å². The standard InChI is InChI=1S/C54H44N2/c1-53(2)30-31-54(3,4)48-34-40(26-27-47(48)53)56-50-19-10-8-16-44(50)46-33-38(23-29-52(46)56)37-22-28-51-45(32-37)43-15-7-9-18-49(43)55(51)39-24-20-36(21-25-39)42-17-11-13-35-12-5-6-14-41(35)42/h5-29,32-34H,30-31H2,1-4H3. The SMILES string of the molecule is CC1(C)CCC(C)(C)c2cc(-n3c4ccccc4c4cc(-c5ccc6c(c5)c5ccccc5n6-c5ccc(-c6cccc7ccccc67)cc5)ccc43)ccc21. The normalized spacial score (nSPS) is 14.9. The van der Waals surface area contributed by atoms with Crippen LogP contribution in [0.15, 0.2) is 170 Å². The van der Waals surface area contributed by atoms with Crippen LogP contribution < -0.4 is 0 Å². The van der Waals surface area contributed by atoms with Crippen molar-refractivity contribution in [2.24, 2.45) is 0 Å². The van der Waals surface area contributed by atoms with Gasteiger partial charge in [0.15, 0.2) is 0 Å². The van der Waals surface area contributed by atoms with Crippen molar-refractivity contribution in [3.63, 3.8) is 0 Å². The van der Waals surface area contributed by atoms with Crippen molar-refractivity contribution in [1.29, 1.82) is 0 Å². The van der Waals surface area contributed by atoms with Gasteiger partial charge in [0, 0.05) is 32.9 Å². The summed E-state index contributed by atoms with van der Waals surface area (Å²) >= 11 is 0. The number of fused-ring (bicyclic) bond motifs is 8. The Hall–Kier alpha value is -6.38. The Bertz CT molecular complexity index is 3180. The van der Waals surface area contributed by atoms with Gasteiger partial charge in [0.25, 0.3) is 0 Å². The lowest BCUT2D eigenvalue weighted by Gasteiger charge is -2.42. The maximum Gasteiger partial charge on any atom is 0.0541 e. The molecule has 0 fully saturated rings. The number of benzene rings is 8. The summed E-state index contributed by atoms with van der Waals surface area (Å²) in [5.41, 5.74) is 15.6. The molecule has 2 aromatic heterocycles. The fraction of sp³-hybridized carbons (Fsp3) is 0.148. The Labute approximate surface area is 328 Å². The molecule has 270 valence electrons. The zero-order valence-corrected chi connectivity index (χ0v) is 32.5. The van der Waals surface area contributed by atoms with Gasteiger partial charge in [-0.3, -0.25) is 0 Å². The van der Waals surface area contributed by atoms with Gasteiger partial charge in [0.2, 0.25) is 0 Å². The van der Waals surface area contributed by atoms with E-state index in [4.69, 9.17) is 0 Å². The third-order valence-electron chi connectivity index (χ3n) is 13.0. The first kappa shape index (κ1) is 33.0. The number of para-hydroxylation sites is 2. The molecular weight excluding hydrogens is 677 g/mol. The third-order valence-corrected chi connectivity index (χ3v) is 13.0. The number of hydrogen-bond donors (Lipinski definition) is 0. The molecule has 0 radical (unpaired) electrons. The molecule has 0 aliphatic heterocycles. The molecule has 8 aromatic carbocycles. The topological polar surface area (TPSA) is 9.86 Å². The predicted octanol–water partition coefficient (Wildman–Crippen LogP) is 14.7. The Balaban J connectivity index is 1.03. The first-order valence-corrected chi connectivity index (χ1v) is 20.1. The summed E-state index contributed by atoms with van der Waals surface area (Å²) in [5, 5.41) is 7.63. The molecule has 0 saturated heterocycles. The fourth-order valence-electron chi connectivity index (χ4n) is 9.84. The number of nitrogens with zero attached hydrogens (tertiary/aromatic N) is 2. The maximum atomic E-state index is 2.48. The van der Waals surface area contributed by atoms with Gasteiger partial charge in [0.1, 0.15) is 0 Å². The van der Waals surface area contributed by atoms with E-state index in [1.807, 2.05) is 0 Å². The molecule has 2 heteroatoms. The van der Waals surface area contributed by atoms with Crippen LogP contribution in [0.1, 0.15) is 51.7 Å². The summed E-state index contributed by atoms with van der Waals surface area (Å²) in [4.78, 5) is 0. The zero-order chi connectivity index (χ0) is 37.8. The van der Waals surface area contributed by atoms with Crippen LogP contribution in [0.3, 0.4) is 0 Å². The zero-order valence-electron chi connectivity index (χ0n) is 32.5. The fourth-order valence-corrected chi connectivity index (χ4v) is 9.84. The average molecular weight is 721 g/mol. The van der Waals surface area contributed by atoms with Gasteiger partial charge in [-0.2, -0.15) is 0 Å². The van der Waals surface area contributed by atoms with Crippen molar-refractivity contribution in [2.45, 2.75) is 51.4 Å². The smallest absolute Gasteiger partial charge is 0.0541 e. The summed E-state index contributed by atoms with van der Waals surface area (Å²) in [7, 11) is 0. The molecule has 0 N–H and O–H groups in total. The lowest BCUT2D eigenvalue weighted by atomic mass is 9.63. The van der Waals surface area contributed by atoms with Crippen LogP contribution in [0.5, 0.6) is 0 Å². The molecule has 11 rings (SSSR count). The van der Waals surface area contributed by atoms with E-state index in [1.165, 1.54) is 106 Å². The second kappa shape index (κ2) is 12.1. The number of hydrogen-bond acceptors (Lipinski definition) is 0. The Morgan fingerprint density at radius 1 is 0.357 bits per heavy atom. The van der Waals surface area contributed by atoms with E-state index < -0.39 is 0 Å². The molecule has 0 saturated carbocycles. The average Bonchev–Trinajstić information content (AvgIpc) is 3.74. The highest BCUT2D eigenvalue weighted by atomic mass is 15.0. The maximum absolute atomic E-state index is 2.48. The van der Waals surface area contributed by atoms with Gasteiger partial charge >= 0.3 is 0 Å². The molecule has 0 spiro atoms. The monoisotopic (exact) mass is 720 g/mol.